The Balaban J connectivity index is 2.02. The fraction of sp³-hybridized carbons (Fsp3) is 0. The number of benzene rings is 2. The lowest BCUT2D eigenvalue weighted by atomic mass is 10.4. The van der Waals surface area contributed by atoms with Crippen molar-refractivity contribution in [3.05, 3.63) is 60.7 Å². The van der Waals surface area contributed by atoms with Crippen molar-refractivity contribution in [3.63, 3.8) is 0 Å². The molecule has 2 rings (SSSR count). The molecule has 0 bridgehead atoms. The lowest BCUT2D eigenvalue weighted by molar-refractivity contribution is 0.379. The zero-order valence-electron chi connectivity index (χ0n) is 9.23. The van der Waals surface area contributed by atoms with Crippen LogP contribution in [0.25, 0.3) is 0 Å². The number of hydrogen-bond acceptors (Lipinski definition) is 3. The van der Waals surface area contributed by atoms with Crippen LogP contribution in [-0.2, 0) is 4.12 Å². The second-order valence-electron chi connectivity index (χ2n) is 3.66. The average Bonchev–Trinajstić information content (AvgIpc) is 2.40. The zero-order valence-corrected chi connectivity index (χ0v) is 11.5. The predicted octanol–water partition coefficient (Wildman–Crippen LogP) is -0.757. The summed E-state index contributed by atoms with van der Waals surface area (Å²) in [6.07, 6.45) is 0. The normalized spacial score (nSPS) is 14.2. The quantitative estimate of drug-likeness (QED) is 0.713. The molecule has 3 nitrogen and oxygen atoms in total. The lowest BCUT2D eigenvalue weighted by Crippen LogP contribution is -2.44. The van der Waals surface area contributed by atoms with Crippen LogP contribution in [0.3, 0.4) is 0 Å². The second-order valence-corrected chi connectivity index (χ2v) is 7.49. The van der Waals surface area contributed by atoms with E-state index in [1.54, 1.807) is 0 Å². The lowest BCUT2D eigenvalue weighted by Gasteiger charge is -2.14. The van der Waals surface area contributed by atoms with E-state index in [-0.39, 0.29) is 0 Å². The molecule has 17 heavy (non-hydrogen) atoms. The van der Waals surface area contributed by atoms with Gasteiger partial charge in [-0.05, 0) is 10.4 Å². The fourth-order valence-electron chi connectivity index (χ4n) is 1.51. The molecule has 2 aromatic carbocycles. The van der Waals surface area contributed by atoms with Gasteiger partial charge in [-0.15, -0.1) is 0 Å². The van der Waals surface area contributed by atoms with Crippen LogP contribution < -0.4 is 10.4 Å². The van der Waals surface area contributed by atoms with E-state index in [1.807, 2.05) is 60.7 Å². The van der Waals surface area contributed by atoms with Crippen molar-refractivity contribution in [1.29, 1.82) is 0 Å². The highest BCUT2D eigenvalue weighted by molar-refractivity contribution is 6.73. The summed E-state index contributed by atoms with van der Waals surface area (Å²) in [5.41, 5.74) is 0. The van der Waals surface area contributed by atoms with Gasteiger partial charge in [0, 0.05) is 0 Å². The Bertz CT molecular complexity index is 406. The highest BCUT2D eigenvalue weighted by Crippen LogP contribution is 1.92. The van der Waals surface area contributed by atoms with E-state index in [1.165, 1.54) is 0 Å². The minimum atomic E-state index is -2.48. The Hall–Kier alpha value is -1.25. The highest BCUT2D eigenvalue weighted by Gasteiger charge is 2.19. The topological polar surface area (TPSA) is 49.7 Å². The summed E-state index contributed by atoms with van der Waals surface area (Å²) in [6.45, 7) is 0. The van der Waals surface area contributed by atoms with Gasteiger partial charge in [0.2, 0.25) is 0 Å². The molecule has 88 valence electrons. The van der Waals surface area contributed by atoms with Crippen molar-refractivity contribution in [3.8, 4) is 0 Å². The van der Waals surface area contributed by atoms with Gasteiger partial charge in [-0.1, -0.05) is 60.7 Å². The van der Waals surface area contributed by atoms with Gasteiger partial charge in [0.1, 0.15) is 0 Å². The molecule has 2 N–H and O–H groups in total. The van der Waals surface area contributed by atoms with E-state index in [4.69, 9.17) is 4.12 Å². The van der Waals surface area contributed by atoms with Crippen molar-refractivity contribution in [2.75, 3.05) is 0 Å². The van der Waals surface area contributed by atoms with Gasteiger partial charge in [0.25, 0.3) is 0 Å². The zero-order chi connectivity index (χ0) is 12.1. The van der Waals surface area contributed by atoms with Gasteiger partial charge in [-0.25, -0.2) is 0 Å². The summed E-state index contributed by atoms with van der Waals surface area (Å²) in [5.74, 6) is 0. The molecule has 0 aromatic heterocycles. The van der Waals surface area contributed by atoms with Crippen molar-refractivity contribution in [1.82, 2.24) is 0 Å². The van der Waals surface area contributed by atoms with Crippen molar-refractivity contribution >= 4 is 28.9 Å². The van der Waals surface area contributed by atoms with Crippen LogP contribution in [0.15, 0.2) is 60.7 Å². The summed E-state index contributed by atoms with van der Waals surface area (Å²) < 4.78 is 5.41. The van der Waals surface area contributed by atoms with Crippen LogP contribution in [0.2, 0.25) is 0 Å². The molecule has 0 heterocycles. The van der Waals surface area contributed by atoms with E-state index in [9.17, 15) is 9.59 Å². The SMILES string of the molecule is O[SiH](O[SiH](O)c1ccccc1)c1ccccc1. The third-order valence-corrected chi connectivity index (χ3v) is 6.40. The highest BCUT2D eigenvalue weighted by atomic mass is 28.4. The molecule has 0 radical (unpaired) electrons. The minimum absolute atomic E-state index is 0.787. The Kier molecular flexibility index (Phi) is 4.24. The van der Waals surface area contributed by atoms with Gasteiger partial charge in [-0.2, -0.15) is 0 Å². The van der Waals surface area contributed by atoms with E-state index in [2.05, 4.69) is 0 Å². The maximum atomic E-state index is 9.94. The molecular weight excluding hydrogens is 248 g/mol. The van der Waals surface area contributed by atoms with Crippen LogP contribution in [0.4, 0.5) is 0 Å². The monoisotopic (exact) mass is 262 g/mol. The van der Waals surface area contributed by atoms with E-state index in [0.717, 1.165) is 10.4 Å². The summed E-state index contributed by atoms with van der Waals surface area (Å²) in [4.78, 5) is 19.9. The molecule has 0 saturated heterocycles. The minimum Gasteiger partial charge on any atom is -0.413 e. The van der Waals surface area contributed by atoms with Crippen molar-refractivity contribution < 1.29 is 13.7 Å². The summed E-state index contributed by atoms with van der Waals surface area (Å²) in [5, 5.41) is 1.57. The van der Waals surface area contributed by atoms with Crippen molar-refractivity contribution in [2.24, 2.45) is 0 Å². The first-order valence-electron chi connectivity index (χ1n) is 5.39. The largest absolute Gasteiger partial charge is 0.413 e. The summed E-state index contributed by atoms with van der Waals surface area (Å²) in [6, 6.07) is 18.5. The van der Waals surface area contributed by atoms with Gasteiger partial charge < -0.3 is 13.7 Å². The standard InChI is InChI=1S/C12H14O3Si2/c13-16(11-7-3-1-4-8-11)15-17(14)12-9-5-2-6-10-12/h1-10,13-14,16-17H. The second kappa shape index (κ2) is 5.90. The first-order valence-corrected chi connectivity index (χ1v) is 8.52. The summed E-state index contributed by atoms with van der Waals surface area (Å²) in [7, 11) is -4.95. The predicted molar refractivity (Wildman–Crippen MR) is 72.0 cm³/mol. The number of hydrogen-bond donors (Lipinski definition) is 2. The van der Waals surface area contributed by atoms with Gasteiger partial charge in [0.15, 0.2) is 0 Å². The third kappa shape index (κ3) is 3.35. The molecular formula is C12H14O3Si2. The maximum Gasteiger partial charge on any atom is 0.344 e. The Morgan fingerprint density at radius 2 is 1.00 bits per heavy atom. The molecule has 2 atom stereocenters. The Morgan fingerprint density at radius 1 is 0.647 bits per heavy atom. The smallest absolute Gasteiger partial charge is 0.344 e. The van der Waals surface area contributed by atoms with E-state index < -0.39 is 18.6 Å². The molecule has 5 heteroatoms. The van der Waals surface area contributed by atoms with Crippen molar-refractivity contribution in [2.45, 2.75) is 0 Å². The maximum absolute atomic E-state index is 9.94. The average molecular weight is 262 g/mol. The van der Waals surface area contributed by atoms with E-state index >= 15 is 0 Å². The Labute approximate surface area is 104 Å². The van der Waals surface area contributed by atoms with Crippen LogP contribution in [-0.4, -0.2) is 28.2 Å². The van der Waals surface area contributed by atoms with Crippen LogP contribution >= 0.6 is 0 Å². The molecule has 2 aromatic rings. The van der Waals surface area contributed by atoms with Gasteiger partial charge in [-0.3, -0.25) is 0 Å². The number of rotatable bonds is 4. The molecule has 0 fully saturated rings. The van der Waals surface area contributed by atoms with Gasteiger partial charge >= 0.3 is 18.6 Å². The first-order chi connectivity index (χ1) is 8.27. The van der Waals surface area contributed by atoms with Crippen LogP contribution in [0.1, 0.15) is 0 Å². The van der Waals surface area contributed by atoms with Gasteiger partial charge in [0.05, 0.1) is 0 Å². The van der Waals surface area contributed by atoms with Crippen LogP contribution in [0.5, 0.6) is 0 Å². The summed E-state index contributed by atoms with van der Waals surface area (Å²) >= 11 is 0. The molecule has 2 unspecified atom stereocenters. The molecule has 0 aliphatic rings. The first kappa shape index (κ1) is 12.2. The molecule has 0 amide bonds. The van der Waals surface area contributed by atoms with Crippen LogP contribution in [0, 0.1) is 0 Å². The van der Waals surface area contributed by atoms with E-state index in [0.29, 0.717) is 0 Å². The molecule has 0 saturated carbocycles. The third-order valence-electron chi connectivity index (χ3n) is 2.43. The molecule has 0 spiro atoms. The molecule has 0 aliphatic carbocycles. The molecule has 0 aliphatic heterocycles. The fourth-order valence-corrected chi connectivity index (χ4v) is 4.85. The Morgan fingerprint density at radius 3 is 1.35 bits per heavy atom.